The van der Waals surface area contributed by atoms with Gasteiger partial charge in [-0.3, -0.25) is 24.0 Å². The topological polar surface area (TPSA) is 124 Å². The molecule has 4 aliphatic rings. The van der Waals surface area contributed by atoms with E-state index < -0.39 is 39.4 Å². The summed E-state index contributed by atoms with van der Waals surface area (Å²) in [6.45, 7) is 24.6. The Labute approximate surface area is 272 Å². The third-order valence-electron chi connectivity index (χ3n) is 10.7. The van der Waals surface area contributed by atoms with Crippen molar-refractivity contribution in [2.75, 3.05) is 0 Å². The van der Waals surface area contributed by atoms with Crippen LogP contribution in [0.5, 0.6) is 17.2 Å². The Morgan fingerprint density at radius 3 is 1.35 bits per heavy atom. The number of carbonyl (C=O) groups is 5. The van der Waals surface area contributed by atoms with Gasteiger partial charge in [0.25, 0.3) is 0 Å². The number of aromatic hydroxyl groups is 1. The Balaban J connectivity index is 1.99. The first-order valence-electron chi connectivity index (χ1n) is 16.4. The molecule has 0 saturated carbocycles. The van der Waals surface area contributed by atoms with E-state index in [4.69, 9.17) is 9.47 Å². The lowest BCUT2D eigenvalue weighted by Gasteiger charge is -2.49. The first-order chi connectivity index (χ1) is 20.9. The SMILES string of the molecule is CC(C)C(=O)c1c(O)c2c(c3c1OC1=C(C(=O)C(C)(C)C(=O)C1(C)C)[C@@H]3C(C)C)OC1=C(C(=O)C(C)(C)C(=O)C1(C)C)[C@@H]2C(C)C. The van der Waals surface area contributed by atoms with E-state index in [2.05, 4.69) is 0 Å². The first kappa shape index (κ1) is 33.8. The van der Waals surface area contributed by atoms with Crippen LogP contribution in [0.3, 0.4) is 0 Å². The molecule has 1 aromatic rings. The van der Waals surface area contributed by atoms with Gasteiger partial charge in [0, 0.05) is 40.0 Å². The van der Waals surface area contributed by atoms with Crippen molar-refractivity contribution in [2.24, 2.45) is 39.4 Å². The summed E-state index contributed by atoms with van der Waals surface area (Å²) in [5, 5.41) is 12.2. The second kappa shape index (κ2) is 9.98. The fourth-order valence-electron chi connectivity index (χ4n) is 8.32. The number of Topliss-reactive ketones (excluding diaryl/α,β-unsaturated/α-hetero) is 5. The van der Waals surface area contributed by atoms with Gasteiger partial charge in [-0.05, 0) is 67.2 Å². The minimum Gasteiger partial charge on any atom is -0.507 e. The molecule has 8 nitrogen and oxygen atoms in total. The van der Waals surface area contributed by atoms with Crippen LogP contribution in [-0.4, -0.2) is 34.0 Å². The molecule has 0 fully saturated rings. The van der Waals surface area contributed by atoms with Crippen LogP contribution in [-0.2, 0) is 19.2 Å². The highest BCUT2D eigenvalue weighted by Gasteiger charge is 2.61. The second-order valence-corrected chi connectivity index (χ2v) is 16.7. The molecule has 0 saturated heterocycles. The number of fused-ring (bicyclic) bond motifs is 3. The van der Waals surface area contributed by atoms with Crippen LogP contribution >= 0.6 is 0 Å². The molecule has 1 aromatic carbocycles. The molecule has 46 heavy (non-hydrogen) atoms. The van der Waals surface area contributed by atoms with Crippen LogP contribution in [0, 0.1) is 39.4 Å². The molecule has 0 unspecified atom stereocenters. The molecule has 2 atom stereocenters. The second-order valence-electron chi connectivity index (χ2n) is 16.7. The molecule has 5 rings (SSSR count). The Morgan fingerprint density at radius 1 is 0.609 bits per heavy atom. The molecule has 248 valence electrons. The Bertz CT molecular complexity index is 1720. The van der Waals surface area contributed by atoms with E-state index in [1.807, 2.05) is 27.7 Å². The summed E-state index contributed by atoms with van der Waals surface area (Å²) in [7, 11) is 0. The number of allylic oxidation sites excluding steroid dienone is 4. The van der Waals surface area contributed by atoms with Gasteiger partial charge in [-0.25, -0.2) is 0 Å². The van der Waals surface area contributed by atoms with Gasteiger partial charge in [0.15, 0.2) is 28.9 Å². The number of phenols is 1. The van der Waals surface area contributed by atoms with Crippen molar-refractivity contribution in [1.29, 1.82) is 0 Å². The highest BCUT2D eigenvalue weighted by Crippen LogP contribution is 2.64. The minimum atomic E-state index is -1.34. The fourth-order valence-corrected chi connectivity index (χ4v) is 8.32. The summed E-state index contributed by atoms with van der Waals surface area (Å²) in [6.07, 6.45) is 0. The van der Waals surface area contributed by atoms with Crippen molar-refractivity contribution in [3.05, 3.63) is 39.4 Å². The number of ether oxygens (including phenoxy) is 2. The number of phenolic OH excluding ortho intramolecular Hbond substituents is 1. The largest absolute Gasteiger partial charge is 0.507 e. The molecule has 0 spiro atoms. The zero-order chi connectivity index (χ0) is 35.0. The first-order valence-corrected chi connectivity index (χ1v) is 16.4. The van der Waals surface area contributed by atoms with Gasteiger partial charge in [0.05, 0.1) is 21.7 Å². The predicted molar refractivity (Wildman–Crippen MR) is 173 cm³/mol. The molecular weight excluding hydrogens is 584 g/mol. The number of ketones is 5. The molecule has 0 aromatic heterocycles. The highest BCUT2D eigenvalue weighted by atomic mass is 16.5. The molecule has 1 N–H and O–H groups in total. The highest BCUT2D eigenvalue weighted by molar-refractivity contribution is 6.21. The number of carbonyl (C=O) groups excluding carboxylic acids is 5. The summed E-state index contributed by atoms with van der Waals surface area (Å²) in [6, 6.07) is 0. The Kier molecular flexibility index (Phi) is 7.33. The summed E-state index contributed by atoms with van der Waals surface area (Å²) >= 11 is 0. The van der Waals surface area contributed by atoms with Crippen LogP contribution < -0.4 is 9.47 Å². The molecular formula is C38H48O8. The normalized spacial score (nSPS) is 25.7. The van der Waals surface area contributed by atoms with Crippen molar-refractivity contribution >= 4 is 28.9 Å². The van der Waals surface area contributed by atoms with E-state index in [1.165, 1.54) is 0 Å². The zero-order valence-electron chi connectivity index (χ0n) is 29.7. The van der Waals surface area contributed by atoms with Gasteiger partial charge in [0.2, 0.25) is 0 Å². The summed E-state index contributed by atoms with van der Waals surface area (Å²) in [4.78, 5) is 70.2. The molecule has 0 bridgehead atoms. The van der Waals surface area contributed by atoms with E-state index in [0.717, 1.165) is 0 Å². The number of hydrogen-bond acceptors (Lipinski definition) is 8. The smallest absolute Gasteiger partial charge is 0.175 e. The van der Waals surface area contributed by atoms with Gasteiger partial charge in [-0.1, -0.05) is 41.5 Å². The number of hydrogen-bond donors (Lipinski definition) is 1. The molecule has 2 heterocycles. The average Bonchev–Trinajstić information content (AvgIpc) is 2.95. The van der Waals surface area contributed by atoms with Crippen molar-refractivity contribution in [3.8, 4) is 17.2 Å². The van der Waals surface area contributed by atoms with E-state index in [-0.39, 0.29) is 80.6 Å². The molecule has 2 aliphatic heterocycles. The lowest BCUT2D eigenvalue weighted by Crippen LogP contribution is -2.53. The van der Waals surface area contributed by atoms with Crippen molar-refractivity contribution in [3.63, 3.8) is 0 Å². The third kappa shape index (κ3) is 4.06. The molecule has 2 aliphatic carbocycles. The maximum atomic E-state index is 14.3. The quantitative estimate of drug-likeness (QED) is 0.269. The molecule has 8 heteroatoms. The van der Waals surface area contributed by atoms with Crippen LogP contribution in [0.25, 0.3) is 0 Å². The van der Waals surface area contributed by atoms with Gasteiger partial charge in [-0.15, -0.1) is 0 Å². The standard InChI is InChI=1S/C38H48O8/c1-15(2)18-20-26(40)24(25(39)17(5)6)28-21(27(20)45-31-22(18)29(41)35(7,8)33(43)37(31,11)12)19(16(3)4)23-30(42)36(9,10)34(44)38(13,14)32(23)46-28/h15-19,40H,1-14H3/t18-,19-/m1/s1. The van der Waals surface area contributed by atoms with Crippen molar-refractivity contribution in [2.45, 2.75) is 109 Å². The van der Waals surface area contributed by atoms with Crippen molar-refractivity contribution < 1.29 is 38.6 Å². The van der Waals surface area contributed by atoms with Crippen LogP contribution in [0.15, 0.2) is 22.7 Å². The molecule has 0 amide bonds. The lowest BCUT2D eigenvalue weighted by atomic mass is 9.57. The predicted octanol–water partition coefficient (Wildman–Crippen LogP) is 7.41. The summed E-state index contributed by atoms with van der Waals surface area (Å²) in [5.74, 6) is -3.89. The van der Waals surface area contributed by atoms with E-state index in [9.17, 15) is 29.1 Å². The number of benzene rings is 1. The van der Waals surface area contributed by atoms with Crippen LogP contribution in [0.1, 0.15) is 130 Å². The van der Waals surface area contributed by atoms with Gasteiger partial charge in [-0.2, -0.15) is 0 Å². The monoisotopic (exact) mass is 632 g/mol. The minimum absolute atomic E-state index is 0.0546. The Hall–Kier alpha value is -3.55. The third-order valence-corrected chi connectivity index (χ3v) is 10.7. The number of rotatable bonds is 4. The van der Waals surface area contributed by atoms with E-state index in [1.54, 1.807) is 69.2 Å². The maximum Gasteiger partial charge on any atom is 0.175 e. The lowest BCUT2D eigenvalue weighted by molar-refractivity contribution is -0.146. The van der Waals surface area contributed by atoms with Gasteiger partial charge in [0.1, 0.15) is 34.3 Å². The van der Waals surface area contributed by atoms with Gasteiger partial charge >= 0.3 is 0 Å². The fraction of sp³-hybridized carbons (Fsp3) is 0.605. The van der Waals surface area contributed by atoms with E-state index in [0.29, 0.717) is 16.7 Å². The summed E-state index contributed by atoms with van der Waals surface area (Å²) < 4.78 is 13.3. The van der Waals surface area contributed by atoms with Crippen LogP contribution in [0.2, 0.25) is 0 Å². The zero-order valence-corrected chi connectivity index (χ0v) is 29.7. The summed E-state index contributed by atoms with van der Waals surface area (Å²) in [5.41, 5.74) is -3.79. The van der Waals surface area contributed by atoms with Gasteiger partial charge < -0.3 is 14.6 Å². The van der Waals surface area contributed by atoms with Crippen LogP contribution in [0.4, 0.5) is 0 Å². The molecule has 0 radical (unpaired) electrons. The maximum absolute atomic E-state index is 14.3. The Morgan fingerprint density at radius 2 is 0.978 bits per heavy atom. The van der Waals surface area contributed by atoms with E-state index >= 15 is 0 Å². The van der Waals surface area contributed by atoms with Crippen molar-refractivity contribution in [1.82, 2.24) is 0 Å². The average molecular weight is 633 g/mol.